The summed E-state index contributed by atoms with van der Waals surface area (Å²) >= 11 is 0. The number of unbranched alkanes of at least 4 members (excludes halogenated alkanes) is 6. The van der Waals surface area contributed by atoms with E-state index in [2.05, 4.69) is 17.6 Å². The Hall–Kier alpha value is -1.35. The van der Waals surface area contributed by atoms with Crippen molar-refractivity contribution in [2.45, 2.75) is 115 Å². The second kappa shape index (κ2) is 15.5. The van der Waals surface area contributed by atoms with Crippen molar-refractivity contribution in [1.29, 1.82) is 0 Å². The highest BCUT2D eigenvalue weighted by Crippen LogP contribution is 2.37. The first-order chi connectivity index (χ1) is 14.9. The lowest BCUT2D eigenvalue weighted by Gasteiger charge is -2.26. The van der Waals surface area contributed by atoms with E-state index >= 15 is 0 Å². The van der Waals surface area contributed by atoms with E-state index in [1.54, 1.807) is 0 Å². The van der Waals surface area contributed by atoms with Crippen LogP contribution in [-0.4, -0.2) is 46.2 Å². The average molecular weight is 437 g/mol. The topological polar surface area (TPSA) is 87.0 Å². The third-order valence-corrected chi connectivity index (χ3v) is 6.59. The van der Waals surface area contributed by atoms with Gasteiger partial charge in [0, 0.05) is 25.2 Å². The summed E-state index contributed by atoms with van der Waals surface area (Å²) in [4.78, 5) is 11.2. The number of hydrogen-bond donors (Lipinski definition) is 3. The van der Waals surface area contributed by atoms with E-state index in [-0.39, 0.29) is 17.8 Å². The van der Waals surface area contributed by atoms with Crippen LogP contribution in [0.3, 0.4) is 0 Å². The minimum Gasteiger partial charge on any atom is -0.469 e. The van der Waals surface area contributed by atoms with Gasteiger partial charge in [0.1, 0.15) is 0 Å². The molecule has 1 unspecified atom stereocenters. The van der Waals surface area contributed by atoms with Gasteiger partial charge in [-0.1, -0.05) is 64.0 Å². The predicted molar refractivity (Wildman–Crippen MR) is 124 cm³/mol. The Morgan fingerprint density at radius 1 is 1.13 bits per heavy atom. The van der Waals surface area contributed by atoms with Gasteiger partial charge in [-0.15, -0.1) is 12.3 Å². The first-order valence-electron chi connectivity index (χ1n) is 12.1. The molecule has 0 spiro atoms. The van der Waals surface area contributed by atoms with Crippen LogP contribution in [0.1, 0.15) is 96.8 Å². The molecule has 0 aromatic heterocycles. The first kappa shape index (κ1) is 27.7. The van der Waals surface area contributed by atoms with Crippen molar-refractivity contribution < 1.29 is 24.9 Å². The van der Waals surface area contributed by atoms with Gasteiger partial charge in [-0.05, 0) is 31.6 Å². The Balaban J connectivity index is 2.51. The predicted octanol–water partition coefficient (Wildman–Crippen LogP) is 4.53. The van der Waals surface area contributed by atoms with Crippen molar-refractivity contribution in [3.05, 3.63) is 12.2 Å². The second-order valence-electron chi connectivity index (χ2n) is 9.19. The third-order valence-electron chi connectivity index (χ3n) is 6.59. The lowest BCUT2D eigenvalue weighted by atomic mass is 9.86. The fourth-order valence-corrected chi connectivity index (χ4v) is 4.66. The Morgan fingerprint density at radius 2 is 1.84 bits per heavy atom. The van der Waals surface area contributed by atoms with Gasteiger partial charge in [0.05, 0.1) is 24.9 Å². The van der Waals surface area contributed by atoms with Crippen molar-refractivity contribution in [2.75, 3.05) is 7.11 Å². The number of carbonyl (C=O) groups is 1. The number of carbonyl (C=O) groups excluding carboxylic acids is 1. The average Bonchev–Trinajstić information content (AvgIpc) is 3.00. The van der Waals surface area contributed by atoms with E-state index < -0.39 is 17.8 Å². The molecule has 0 amide bonds. The Bertz CT molecular complexity index is 567. The molecular weight excluding hydrogens is 392 g/mol. The fraction of sp³-hybridized carbons (Fsp3) is 0.808. The van der Waals surface area contributed by atoms with Crippen molar-refractivity contribution in [1.82, 2.24) is 0 Å². The normalized spacial score (nSPS) is 25.4. The maximum atomic E-state index is 11.2. The molecule has 3 N–H and O–H groups in total. The van der Waals surface area contributed by atoms with E-state index in [1.165, 1.54) is 13.5 Å². The third kappa shape index (κ3) is 10.7. The van der Waals surface area contributed by atoms with E-state index in [1.807, 2.05) is 12.2 Å². The second-order valence-corrected chi connectivity index (χ2v) is 9.19. The molecule has 0 bridgehead atoms. The highest BCUT2D eigenvalue weighted by Gasteiger charge is 2.39. The van der Waals surface area contributed by atoms with Crippen molar-refractivity contribution in [3.8, 4) is 12.3 Å². The van der Waals surface area contributed by atoms with Gasteiger partial charge < -0.3 is 20.1 Å². The van der Waals surface area contributed by atoms with Gasteiger partial charge in [0.25, 0.3) is 0 Å². The van der Waals surface area contributed by atoms with Crippen LogP contribution in [0.25, 0.3) is 0 Å². The standard InChI is InChI=1S/C26H44O5/c1-4-6-7-12-18-26(30,17-5-2)19-13-15-22-21(23(27)20-24(22)28)14-10-8-9-11-16-25(29)31-3/h2,13,15,21-24,27-28,30H,4,6-12,14,16-20H2,1,3H3/t21-,22-,23+,24-,26?/m1/s1. The molecule has 5 nitrogen and oxygen atoms in total. The number of aliphatic hydroxyl groups is 3. The molecule has 0 aromatic rings. The van der Waals surface area contributed by atoms with Crippen LogP contribution in [0, 0.1) is 24.2 Å². The van der Waals surface area contributed by atoms with Crippen LogP contribution < -0.4 is 0 Å². The van der Waals surface area contributed by atoms with Gasteiger partial charge in [-0.25, -0.2) is 0 Å². The maximum absolute atomic E-state index is 11.2. The molecule has 0 heterocycles. The Kier molecular flexibility index (Phi) is 13.8. The summed E-state index contributed by atoms with van der Waals surface area (Å²) in [5.41, 5.74) is -0.893. The van der Waals surface area contributed by atoms with E-state index in [9.17, 15) is 20.1 Å². The molecule has 1 rings (SSSR count). The van der Waals surface area contributed by atoms with Crippen LogP contribution in [0.2, 0.25) is 0 Å². The van der Waals surface area contributed by atoms with Gasteiger partial charge in [0.2, 0.25) is 0 Å². The molecule has 0 aromatic carbocycles. The van der Waals surface area contributed by atoms with E-state index in [0.29, 0.717) is 32.1 Å². The molecular formula is C26H44O5. The van der Waals surface area contributed by atoms with E-state index in [0.717, 1.165) is 51.4 Å². The maximum Gasteiger partial charge on any atom is 0.305 e. The number of aliphatic hydroxyl groups excluding tert-OH is 2. The highest BCUT2D eigenvalue weighted by atomic mass is 16.5. The van der Waals surface area contributed by atoms with E-state index in [4.69, 9.17) is 6.42 Å². The largest absolute Gasteiger partial charge is 0.469 e. The van der Waals surface area contributed by atoms with Crippen LogP contribution in [0.4, 0.5) is 0 Å². The molecule has 1 aliphatic rings. The minimum atomic E-state index is -0.893. The number of hydrogen-bond acceptors (Lipinski definition) is 5. The molecule has 1 aliphatic carbocycles. The van der Waals surface area contributed by atoms with Gasteiger partial charge in [-0.2, -0.15) is 0 Å². The fourth-order valence-electron chi connectivity index (χ4n) is 4.66. The van der Waals surface area contributed by atoms with Gasteiger partial charge >= 0.3 is 5.97 Å². The number of esters is 1. The molecule has 5 atom stereocenters. The van der Waals surface area contributed by atoms with Crippen molar-refractivity contribution >= 4 is 5.97 Å². The quantitative estimate of drug-likeness (QED) is 0.143. The van der Waals surface area contributed by atoms with Crippen LogP contribution in [0.5, 0.6) is 0 Å². The number of rotatable bonds is 16. The summed E-state index contributed by atoms with van der Waals surface area (Å²) in [6, 6.07) is 0. The summed E-state index contributed by atoms with van der Waals surface area (Å²) in [5, 5.41) is 31.8. The molecule has 1 saturated carbocycles. The van der Waals surface area contributed by atoms with Crippen LogP contribution in [0.15, 0.2) is 12.2 Å². The lowest BCUT2D eigenvalue weighted by molar-refractivity contribution is -0.140. The number of ether oxygens (including phenoxy) is 1. The van der Waals surface area contributed by atoms with Crippen molar-refractivity contribution in [2.24, 2.45) is 11.8 Å². The molecule has 0 saturated heterocycles. The van der Waals surface area contributed by atoms with Crippen LogP contribution in [-0.2, 0) is 9.53 Å². The molecule has 0 aliphatic heterocycles. The Labute approximate surface area is 189 Å². The molecule has 0 radical (unpaired) electrons. The molecule has 178 valence electrons. The van der Waals surface area contributed by atoms with Gasteiger partial charge in [-0.3, -0.25) is 4.79 Å². The molecule has 31 heavy (non-hydrogen) atoms. The summed E-state index contributed by atoms with van der Waals surface area (Å²) in [6.07, 6.45) is 19.6. The summed E-state index contributed by atoms with van der Waals surface area (Å²) in [5.74, 6) is 2.36. The first-order valence-corrected chi connectivity index (χ1v) is 12.1. The zero-order chi connectivity index (χ0) is 23.1. The lowest BCUT2D eigenvalue weighted by Crippen LogP contribution is -2.27. The zero-order valence-electron chi connectivity index (χ0n) is 19.6. The zero-order valence-corrected chi connectivity index (χ0v) is 19.6. The summed E-state index contributed by atoms with van der Waals surface area (Å²) in [6.45, 7) is 2.16. The molecule has 5 heteroatoms. The summed E-state index contributed by atoms with van der Waals surface area (Å²) < 4.78 is 4.65. The SMILES string of the molecule is C#CCC(O)(CC=C[C@@H]1[C@@H](CCCCCCC(=O)OC)[C@@H](O)C[C@H]1O)CCCCCC. The smallest absolute Gasteiger partial charge is 0.305 e. The van der Waals surface area contributed by atoms with Gasteiger partial charge in [0.15, 0.2) is 0 Å². The summed E-state index contributed by atoms with van der Waals surface area (Å²) in [7, 11) is 1.41. The molecule has 1 fully saturated rings. The van der Waals surface area contributed by atoms with Crippen LogP contribution >= 0.6 is 0 Å². The number of terminal acetylenes is 1. The monoisotopic (exact) mass is 436 g/mol. The number of methoxy groups -OCH3 is 1. The minimum absolute atomic E-state index is 0.0251. The Morgan fingerprint density at radius 3 is 2.52 bits per heavy atom. The highest BCUT2D eigenvalue weighted by molar-refractivity contribution is 5.68. The van der Waals surface area contributed by atoms with Crippen molar-refractivity contribution in [3.63, 3.8) is 0 Å².